The fourth-order valence-corrected chi connectivity index (χ4v) is 4.83. The van der Waals surface area contributed by atoms with Crippen LogP contribution in [0.2, 0.25) is 0 Å². The maximum atomic E-state index is 12.4. The van der Waals surface area contributed by atoms with Gasteiger partial charge in [-0.25, -0.2) is 0 Å². The molecule has 1 spiro atoms. The third-order valence-electron chi connectivity index (χ3n) is 5.64. The summed E-state index contributed by atoms with van der Waals surface area (Å²) >= 11 is 0. The fourth-order valence-electron chi connectivity index (χ4n) is 4.83. The lowest BCUT2D eigenvalue weighted by Gasteiger charge is -2.49. The minimum absolute atomic E-state index is 0.289. The molecule has 3 aliphatic rings. The number of amides is 1. The van der Waals surface area contributed by atoms with Crippen molar-refractivity contribution >= 4 is 5.91 Å². The average molecular weight is 250 g/mol. The summed E-state index contributed by atoms with van der Waals surface area (Å²) in [6.45, 7) is 7.88. The first-order chi connectivity index (χ1) is 8.65. The van der Waals surface area contributed by atoms with E-state index >= 15 is 0 Å². The van der Waals surface area contributed by atoms with Gasteiger partial charge in [0.05, 0.1) is 0 Å². The van der Waals surface area contributed by atoms with Gasteiger partial charge in [0.25, 0.3) is 0 Å². The number of carbonyl (C=O) groups is 1. The van der Waals surface area contributed by atoms with Crippen molar-refractivity contribution in [1.82, 2.24) is 10.2 Å². The number of hydrogen-bond acceptors (Lipinski definition) is 2. The van der Waals surface area contributed by atoms with Crippen molar-refractivity contribution in [3.05, 3.63) is 0 Å². The highest BCUT2D eigenvalue weighted by molar-refractivity contribution is 5.80. The number of fused-ring (bicyclic) bond motifs is 2. The molecule has 0 aliphatic carbocycles. The van der Waals surface area contributed by atoms with Gasteiger partial charge < -0.3 is 10.2 Å². The first kappa shape index (κ1) is 12.5. The molecule has 0 radical (unpaired) electrons. The van der Waals surface area contributed by atoms with E-state index < -0.39 is 0 Å². The molecule has 3 heteroatoms. The van der Waals surface area contributed by atoms with E-state index in [-0.39, 0.29) is 5.41 Å². The van der Waals surface area contributed by atoms with Gasteiger partial charge >= 0.3 is 0 Å². The number of piperidine rings is 2. The molecule has 3 heterocycles. The zero-order valence-corrected chi connectivity index (χ0v) is 11.7. The van der Waals surface area contributed by atoms with E-state index in [9.17, 15) is 4.79 Å². The smallest absolute Gasteiger partial charge is 0.223 e. The van der Waals surface area contributed by atoms with Crippen molar-refractivity contribution in [2.75, 3.05) is 19.6 Å². The molecule has 0 aromatic rings. The van der Waals surface area contributed by atoms with E-state index in [0.717, 1.165) is 26.1 Å². The molecule has 0 saturated carbocycles. The van der Waals surface area contributed by atoms with Gasteiger partial charge in [-0.05, 0) is 50.6 Å². The van der Waals surface area contributed by atoms with E-state index in [2.05, 4.69) is 24.1 Å². The molecule has 3 rings (SSSR count). The largest absolute Gasteiger partial charge is 0.339 e. The van der Waals surface area contributed by atoms with Gasteiger partial charge in [0.2, 0.25) is 5.91 Å². The SMILES string of the molecule is CC(C)C1CNCCC12CC(=O)N1CCCCC12. The van der Waals surface area contributed by atoms with Crippen molar-refractivity contribution in [2.24, 2.45) is 17.3 Å². The second-order valence-electron chi connectivity index (χ2n) is 6.81. The van der Waals surface area contributed by atoms with Gasteiger partial charge in [0.15, 0.2) is 0 Å². The minimum atomic E-state index is 0.289. The Morgan fingerprint density at radius 1 is 1.39 bits per heavy atom. The van der Waals surface area contributed by atoms with Gasteiger partial charge in [-0.15, -0.1) is 0 Å². The first-order valence-corrected chi connectivity index (χ1v) is 7.65. The van der Waals surface area contributed by atoms with Crippen LogP contribution in [-0.2, 0) is 4.79 Å². The summed E-state index contributed by atoms with van der Waals surface area (Å²) < 4.78 is 0. The van der Waals surface area contributed by atoms with Gasteiger partial charge in [-0.2, -0.15) is 0 Å². The van der Waals surface area contributed by atoms with Crippen LogP contribution in [0.4, 0.5) is 0 Å². The highest BCUT2D eigenvalue weighted by atomic mass is 16.2. The van der Waals surface area contributed by atoms with Crippen molar-refractivity contribution in [3.8, 4) is 0 Å². The number of nitrogens with one attached hydrogen (secondary N) is 1. The molecule has 0 aromatic heterocycles. The summed E-state index contributed by atoms with van der Waals surface area (Å²) in [5.74, 6) is 1.78. The van der Waals surface area contributed by atoms with Crippen molar-refractivity contribution < 1.29 is 4.79 Å². The Labute approximate surface area is 110 Å². The lowest BCUT2D eigenvalue weighted by molar-refractivity contribution is -0.129. The van der Waals surface area contributed by atoms with Crippen LogP contribution in [0.15, 0.2) is 0 Å². The monoisotopic (exact) mass is 250 g/mol. The molecule has 3 atom stereocenters. The van der Waals surface area contributed by atoms with E-state index in [1.165, 1.54) is 25.7 Å². The van der Waals surface area contributed by atoms with Crippen LogP contribution < -0.4 is 5.32 Å². The van der Waals surface area contributed by atoms with Crippen LogP contribution in [-0.4, -0.2) is 36.5 Å². The molecular weight excluding hydrogens is 224 g/mol. The van der Waals surface area contributed by atoms with Crippen LogP contribution in [0.3, 0.4) is 0 Å². The fraction of sp³-hybridized carbons (Fsp3) is 0.933. The Bertz CT molecular complexity index is 341. The molecule has 3 saturated heterocycles. The quantitative estimate of drug-likeness (QED) is 0.772. The molecule has 1 N–H and O–H groups in total. The zero-order chi connectivity index (χ0) is 12.8. The Hall–Kier alpha value is -0.570. The summed E-state index contributed by atoms with van der Waals surface area (Å²) in [5, 5.41) is 3.55. The zero-order valence-electron chi connectivity index (χ0n) is 11.7. The maximum absolute atomic E-state index is 12.4. The Balaban J connectivity index is 1.93. The van der Waals surface area contributed by atoms with E-state index in [0.29, 0.717) is 23.8 Å². The first-order valence-electron chi connectivity index (χ1n) is 7.65. The highest BCUT2D eigenvalue weighted by Gasteiger charge is 2.56. The second-order valence-corrected chi connectivity index (χ2v) is 6.81. The summed E-state index contributed by atoms with van der Waals surface area (Å²) in [5.41, 5.74) is 0.289. The summed E-state index contributed by atoms with van der Waals surface area (Å²) in [7, 11) is 0. The predicted octanol–water partition coefficient (Wildman–Crippen LogP) is 2.02. The van der Waals surface area contributed by atoms with E-state index in [4.69, 9.17) is 0 Å². The average Bonchev–Trinajstić information content (AvgIpc) is 2.64. The Morgan fingerprint density at radius 2 is 2.22 bits per heavy atom. The van der Waals surface area contributed by atoms with Gasteiger partial charge in [0, 0.05) is 24.4 Å². The number of carbonyl (C=O) groups excluding carboxylic acids is 1. The maximum Gasteiger partial charge on any atom is 0.223 e. The minimum Gasteiger partial charge on any atom is -0.339 e. The summed E-state index contributed by atoms with van der Waals surface area (Å²) in [6.07, 6.45) is 5.79. The molecule has 0 bridgehead atoms. The molecule has 18 heavy (non-hydrogen) atoms. The molecule has 102 valence electrons. The molecule has 3 aliphatic heterocycles. The lowest BCUT2D eigenvalue weighted by Crippen LogP contribution is -2.54. The molecule has 0 aromatic carbocycles. The summed E-state index contributed by atoms with van der Waals surface area (Å²) in [4.78, 5) is 14.6. The van der Waals surface area contributed by atoms with Crippen molar-refractivity contribution in [1.29, 1.82) is 0 Å². The normalized spacial score (nSPS) is 40.6. The van der Waals surface area contributed by atoms with E-state index in [1.54, 1.807) is 0 Å². The van der Waals surface area contributed by atoms with Crippen LogP contribution in [0, 0.1) is 17.3 Å². The second kappa shape index (κ2) is 4.52. The topological polar surface area (TPSA) is 32.3 Å². The predicted molar refractivity (Wildman–Crippen MR) is 72.2 cm³/mol. The Kier molecular flexibility index (Phi) is 3.13. The van der Waals surface area contributed by atoms with E-state index in [1.807, 2.05) is 0 Å². The molecule has 3 fully saturated rings. The number of hydrogen-bond donors (Lipinski definition) is 1. The van der Waals surface area contributed by atoms with Gasteiger partial charge in [-0.1, -0.05) is 13.8 Å². The molecular formula is C15H26N2O. The van der Waals surface area contributed by atoms with Crippen LogP contribution in [0.5, 0.6) is 0 Å². The molecule has 1 amide bonds. The molecule has 3 unspecified atom stereocenters. The van der Waals surface area contributed by atoms with Gasteiger partial charge in [0.1, 0.15) is 0 Å². The summed E-state index contributed by atoms with van der Waals surface area (Å²) in [6, 6.07) is 0.549. The lowest BCUT2D eigenvalue weighted by atomic mass is 9.61. The van der Waals surface area contributed by atoms with Crippen LogP contribution in [0.25, 0.3) is 0 Å². The third kappa shape index (κ3) is 1.70. The standard InChI is InChI=1S/C15H26N2O/c1-11(2)12-10-16-7-6-15(12)9-14(18)17-8-4-3-5-13(15)17/h11-13,16H,3-10H2,1-2H3. The van der Waals surface area contributed by atoms with Crippen molar-refractivity contribution in [2.45, 2.75) is 52.0 Å². The van der Waals surface area contributed by atoms with Gasteiger partial charge in [-0.3, -0.25) is 4.79 Å². The number of rotatable bonds is 1. The number of nitrogens with zero attached hydrogens (tertiary/aromatic N) is 1. The van der Waals surface area contributed by atoms with Crippen molar-refractivity contribution in [3.63, 3.8) is 0 Å². The Morgan fingerprint density at radius 3 is 3.00 bits per heavy atom. The highest BCUT2D eigenvalue weighted by Crippen LogP contribution is 2.52. The van der Waals surface area contributed by atoms with Crippen LogP contribution >= 0.6 is 0 Å². The van der Waals surface area contributed by atoms with Crippen LogP contribution in [0.1, 0.15) is 46.0 Å². The molecule has 3 nitrogen and oxygen atoms in total. The third-order valence-corrected chi connectivity index (χ3v) is 5.64.